The van der Waals surface area contributed by atoms with Crippen molar-refractivity contribution in [3.8, 4) is 6.07 Å². The van der Waals surface area contributed by atoms with Gasteiger partial charge in [-0.05, 0) is 54.5 Å². The third-order valence-corrected chi connectivity index (χ3v) is 6.48. The Balaban J connectivity index is 1.68. The third kappa shape index (κ3) is 3.56. The highest BCUT2D eigenvalue weighted by atomic mass is 16.5. The molecule has 0 spiro atoms. The summed E-state index contributed by atoms with van der Waals surface area (Å²) >= 11 is 0. The molecule has 0 amide bonds. The van der Waals surface area contributed by atoms with E-state index >= 15 is 0 Å². The topological polar surface area (TPSA) is 72.4 Å². The van der Waals surface area contributed by atoms with Crippen molar-refractivity contribution in [2.24, 2.45) is 0 Å². The first-order valence-corrected chi connectivity index (χ1v) is 10.9. The number of aryl methyl sites for hydroxylation is 1. The van der Waals surface area contributed by atoms with Gasteiger partial charge in [-0.25, -0.2) is 0 Å². The molecule has 36 heavy (non-hydrogen) atoms. The van der Waals surface area contributed by atoms with Crippen LogP contribution < -0.4 is 4.90 Å². The number of nitrogens with one attached hydrogen (secondary N) is 1. The van der Waals surface area contributed by atoms with Gasteiger partial charge in [-0.2, -0.15) is 5.26 Å². The van der Waals surface area contributed by atoms with E-state index in [4.69, 9.17) is 20.6 Å². The molecule has 3 aromatic rings. The van der Waals surface area contributed by atoms with E-state index in [1.54, 1.807) is 13.8 Å². The summed E-state index contributed by atoms with van der Waals surface area (Å²) in [4.78, 5) is 16.4. The van der Waals surface area contributed by atoms with Gasteiger partial charge in [0.05, 0.1) is 35.8 Å². The standard InChI is InChI=1S/C30H34N4O2/c1-4-20-16-23-24(17-26(20)34-9-7-21(8-10-34)33-11-13-36-14-12-33)30(2,3)29-27(28(23)35)22-6-5-19(18-31)15-25(22)32-29/h5-6,15-17,21,32H,4,7-14H2,1-3H3/i1D,4D2,7D2,8D2,9D2,10D2,11D2,12D2,13D2,14D2,21D. The van der Waals surface area contributed by atoms with Crippen molar-refractivity contribution in [2.45, 2.75) is 51.3 Å². The van der Waals surface area contributed by atoms with Gasteiger partial charge in [0.1, 0.15) is 0 Å². The Morgan fingerprint density at radius 3 is 2.75 bits per heavy atom. The van der Waals surface area contributed by atoms with Crippen molar-refractivity contribution >= 4 is 22.4 Å². The first kappa shape index (κ1) is 9.96. The van der Waals surface area contributed by atoms with E-state index in [2.05, 4.69) is 9.72 Å². The van der Waals surface area contributed by atoms with Crippen LogP contribution in [0.5, 0.6) is 0 Å². The molecule has 0 radical (unpaired) electrons. The quantitative estimate of drug-likeness (QED) is 0.558. The van der Waals surface area contributed by atoms with Crippen LogP contribution in [-0.2, 0) is 16.5 Å². The van der Waals surface area contributed by atoms with Crippen LogP contribution in [0.2, 0.25) is 0 Å². The monoisotopic (exact) mass is 502 g/mol. The van der Waals surface area contributed by atoms with Crippen molar-refractivity contribution in [1.29, 1.82) is 5.26 Å². The number of hydrogen-bond acceptors (Lipinski definition) is 5. The van der Waals surface area contributed by atoms with Crippen molar-refractivity contribution < 1.29 is 36.9 Å². The summed E-state index contributed by atoms with van der Waals surface area (Å²) in [5, 5.41) is 9.85. The van der Waals surface area contributed by atoms with E-state index in [1.807, 2.05) is 6.07 Å². The number of anilines is 1. The number of nitrogens with zero attached hydrogens (tertiary/aromatic N) is 3. The summed E-state index contributed by atoms with van der Waals surface area (Å²) in [6, 6.07) is 3.80. The normalized spacial score (nSPS) is 40.9. The number of piperidine rings is 1. The number of nitriles is 1. The molecule has 2 aromatic carbocycles. The molecule has 1 N–H and O–H groups in total. The number of benzene rings is 2. The molecule has 6 heteroatoms. The number of aromatic nitrogens is 1. The van der Waals surface area contributed by atoms with Gasteiger partial charge in [0.2, 0.25) is 0 Å². The predicted octanol–water partition coefficient (Wildman–Crippen LogP) is 4.77. The summed E-state index contributed by atoms with van der Waals surface area (Å²) in [7, 11) is 0. The molecule has 1 aliphatic carbocycles. The molecular formula is C30H34N4O2. The minimum absolute atomic E-state index is 0.0285. The van der Waals surface area contributed by atoms with E-state index in [0.717, 1.165) is 12.1 Å². The van der Waals surface area contributed by atoms with Gasteiger partial charge in [0.25, 0.3) is 0 Å². The number of morpholine rings is 1. The van der Waals surface area contributed by atoms with Gasteiger partial charge in [-0.3, -0.25) is 9.69 Å². The molecule has 2 saturated heterocycles. The molecule has 6 rings (SSSR count). The Morgan fingerprint density at radius 2 is 2.03 bits per heavy atom. The molecule has 0 saturated carbocycles. The van der Waals surface area contributed by atoms with Crippen molar-refractivity contribution in [1.82, 2.24) is 9.88 Å². The maximum Gasteiger partial charge on any atom is 0.195 e. The Kier molecular flexibility index (Phi) is 2.42. The van der Waals surface area contributed by atoms with E-state index in [-0.39, 0.29) is 32.8 Å². The molecule has 0 atom stereocenters. The molecular weight excluding hydrogens is 448 g/mol. The average Bonchev–Trinajstić information content (AvgIpc) is 3.45. The molecule has 6 nitrogen and oxygen atoms in total. The molecule has 3 aliphatic rings. The fraction of sp³-hybridized carbons (Fsp3) is 0.467. The smallest absolute Gasteiger partial charge is 0.195 e. The van der Waals surface area contributed by atoms with Crippen LogP contribution in [0.25, 0.3) is 10.9 Å². The van der Waals surface area contributed by atoms with Crippen LogP contribution in [0.4, 0.5) is 5.69 Å². The maximum absolute atomic E-state index is 14.3. The number of carbonyl (C=O) groups is 1. The van der Waals surface area contributed by atoms with Crippen LogP contribution in [0, 0.1) is 11.3 Å². The zero-order valence-corrected chi connectivity index (χ0v) is 19.3. The van der Waals surface area contributed by atoms with Gasteiger partial charge in [0.15, 0.2) is 5.78 Å². The minimum Gasteiger partial charge on any atom is -0.379 e. The zero-order valence-electron chi connectivity index (χ0n) is 39.3. The Labute approximate surface area is 240 Å². The lowest BCUT2D eigenvalue weighted by Crippen LogP contribution is -2.49. The van der Waals surface area contributed by atoms with E-state index in [9.17, 15) is 16.9 Å². The lowest BCUT2D eigenvalue weighted by atomic mass is 9.70. The maximum atomic E-state index is 14.3. The second kappa shape index (κ2) is 8.76. The number of ketones is 1. The summed E-state index contributed by atoms with van der Waals surface area (Å²) in [6.07, 6.45) is -11.7. The molecule has 0 unspecified atom stereocenters. The summed E-state index contributed by atoms with van der Waals surface area (Å²) in [5.41, 5.74) is -2.24. The lowest BCUT2D eigenvalue weighted by molar-refractivity contribution is 0.0115. The molecule has 186 valence electrons. The fourth-order valence-electron chi connectivity index (χ4n) is 4.67. The van der Waals surface area contributed by atoms with Gasteiger partial charge in [-0.1, -0.05) is 26.8 Å². The predicted molar refractivity (Wildman–Crippen MR) is 142 cm³/mol. The third-order valence-electron chi connectivity index (χ3n) is 6.48. The second-order valence-electron chi connectivity index (χ2n) is 8.82. The first-order valence-electron chi connectivity index (χ1n) is 21.1. The van der Waals surface area contributed by atoms with E-state index in [0.29, 0.717) is 10.9 Å². The van der Waals surface area contributed by atoms with Crippen molar-refractivity contribution in [3.05, 3.63) is 63.8 Å². The number of fused-ring (bicyclic) bond motifs is 4. The SMILES string of the molecule is [2H]CC([2H])([2H])c1cc2c(cc1N1C([2H])([2H])C([2H])([2H])C([2H])(N3C([2H])([2H])C([2H])([2H])OC([2H])([2H])C3([2H])[2H])C([2H])([2H])C1([2H])[2H])C(C)(C)c1[nH]c3cc(C#N)ccc3c1C2=O. The highest BCUT2D eigenvalue weighted by molar-refractivity contribution is 6.20. The number of rotatable bonds is 3. The van der Waals surface area contributed by atoms with Crippen LogP contribution in [0.15, 0.2) is 30.3 Å². The van der Waals surface area contributed by atoms with Gasteiger partial charge >= 0.3 is 0 Å². The van der Waals surface area contributed by atoms with Crippen molar-refractivity contribution in [3.63, 3.8) is 0 Å². The number of H-pyrrole nitrogens is 1. The van der Waals surface area contributed by atoms with E-state index in [1.165, 1.54) is 18.2 Å². The van der Waals surface area contributed by atoms with Crippen LogP contribution in [-0.4, -0.2) is 60.8 Å². The molecule has 2 fully saturated rings. The van der Waals surface area contributed by atoms with Gasteiger partial charge in [-0.15, -0.1) is 0 Å². The van der Waals surface area contributed by atoms with Crippen LogP contribution in [0.1, 0.15) is 99.2 Å². The average molecular weight is 503 g/mol. The minimum atomic E-state index is -4.55. The lowest BCUT2D eigenvalue weighted by Gasteiger charge is -2.42. The van der Waals surface area contributed by atoms with E-state index < -0.39 is 98.5 Å². The molecule has 0 bridgehead atoms. The summed E-state index contributed by atoms with van der Waals surface area (Å²) < 4.78 is 179. The Morgan fingerprint density at radius 1 is 1.25 bits per heavy atom. The Bertz CT molecular complexity index is 2190. The number of hydrogen-bond donors (Lipinski definition) is 1. The number of aromatic amines is 1. The molecule has 3 heterocycles. The number of ether oxygens (including phenoxy) is 1. The first-order chi connectivity index (χ1) is 25.0. The van der Waals surface area contributed by atoms with Gasteiger partial charge < -0.3 is 14.6 Å². The summed E-state index contributed by atoms with van der Waals surface area (Å²) in [5.74, 6) is -0.695. The highest BCUT2D eigenvalue weighted by Crippen LogP contribution is 2.46. The summed E-state index contributed by atoms with van der Waals surface area (Å²) in [6.45, 7) is -22.7. The highest BCUT2D eigenvalue weighted by Gasteiger charge is 2.40. The second-order valence-corrected chi connectivity index (χ2v) is 8.82. The molecule has 2 aliphatic heterocycles. The number of carbonyl (C=O) groups excluding carboxylic acids is 1. The van der Waals surface area contributed by atoms with Crippen molar-refractivity contribution in [2.75, 3.05) is 44.0 Å². The largest absolute Gasteiger partial charge is 0.379 e. The van der Waals surface area contributed by atoms with Gasteiger partial charge in [0, 0.05) is 87.2 Å². The fourth-order valence-corrected chi connectivity index (χ4v) is 4.67. The van der Waals surface area contributed by atoms with Crippen LogP contribution in [0.3, 0.4) is 0 Å². The Hall–Kier alpha value is -3.14. The zero-order chi connectivity index (χ0) is 42.8. The molecule has 1 aromatic heterocycles. The van der Waals surface area contributed by atoms with Crippen LogP contribution >= 0.6 is 0 Å².